The van der Waals surface area contributed by atoms with Crippen molar-refractivity contribution >= 4 is 10.0 Å². The van der Waals surface area contributed by atoms with Gasteiger partial charge >= 0.3 is 0 Å². The summed E-state index contributed by atoms with van der Waals surface area (Å²) in [7, 11) is -3.61. The number of aromatic nitrogens is 2. The Morgan fingerprint density at radius 1 is 1.67 bits per heavy atom. The fraction of sp³-hybridized carbons (Fsp3) is 0.500. The number of hydrogen-bond donors (Lipinski definition) is 1. The summed E-state index contributed by atoms with van der Waals surface area (Å²) >= 11 is 0. The number of nitrogens with two attached hydrogens (primary N) is 1. The first-order chi connectivity index (χ1) is 5.55. The Hall–Kier alpha value is -0.880. The average Bonchev–Trinajstić information content (AvgIpc) is 2.34. The van der Waals surface area contributed by atoms with Gasteiger partial charge in [0.05, 0.1) is 6.20 Å². The molecule has 12 heavy (non-hydrogen) atoms. The Labute approximate surface area is 71.2 Å². The van der Waals surface area contributed by atoms with Gasteiger partial charge in [-0.15, -0.1) is 0 Å². The molecule has 68 valence electrons. The number of nitrogens with zero attached hydrogens (tertiary/aromatic N) is 2. The first-order valence-electron chi connectivity index (χ1n) is 3.60. The van der Waals surface area contributed by atoms with Crippen LogP contribution in [0.25, 0.3) is 0 Å². The molecule has 0 amide bonds. The van der Waals surface area contributed by atoms with Crippen molar-refractivity contribution in [2.75, 3.05) is 0 Å². The van der Waals surface area contributed by atoms with Crippen molar-refractivity contribution in [2.24, 2.45) is 5.14 Å². The normalized spacial score (nSPS) is 11.8. The summed E-state index contributed by atoms with van der Waals surface area (Å²) in [5.41, 5.74) is 0. The van der Waals surface area contributed by atoms with Gasteiger partial charge in [0.25, 0.3) is 10.0 Å². The van der Waals surface area contributed by atoms with E-state index in [0.29, 0.717) is 6.54 Å². The molecule has 0 saturated heterocycles. The van der Waals surface area contributed by atoms with Crippen molar-refractivity contribution in [3.63, 3.8) is 0 Å². The van der Waals surface area contributed by atoms with E-state index in [1.165, 1.54) is 16.9 Å². The second-order valence-electron chi connectivity index (χ2n) is 2.44. The summed E-state index contributed by atoms with van der Waals surface area (Å²) in [4.78, 5) is 0. The molecule has 5 nitrogen and oxygen atoms in total. The third-order valence-electron chi connectivity index (χ3n) is 1.40. The van der Waals surface area contributed by atoms with Crippen LogP contribution in [0.2, 0.25) is 0 Å². The molecule has 2 N–H and O–H groups in total. The Kier molecular flexibility index (Phi) is 2.49. The van der Waals surface area contributed by atoms with E-state index in [1.807, 2.05) is 6.92 Å². The molecule has 6 heteroatoms. The molecule has 0 aliphatic carbocycles. The number of primary sulfonamides is 1. The van der Waals surface area contributed by atoms with Crippen LogP contribution >= 0.6 is 0 Å². The van der Waals surface area contributed by atoms with Crippen LogP contribution in [0.4, 0.5) is 0 Å². The summed E-state index contributed by atoms with van der Waals surface area (Å²) in [5.74, 6) is 0. The summed E-state index contributed by atoms with van der Waals surface area (Å²) in [6.45, 7) is 2.51. The van der Waals surface area contributed by atoms with Crippen molar-refractivity contribution in [3.8, 4) is 0 Å². The molecule has 1 aromatic rings. The zero-order valence-electron chi connectivity index (χ0n) is 6.77. The van der Waals surface area contributed by atoms with E-state index in [4.69, 9.17) is 5.14 Å². The van der Waals surface area contributed by atoms with Gasteiger partial charge in [-0.1, -0.05) is 6.92 Å². The fourth-order valence-electron chi connectivity index (χ4n) is 0.942. The topological polar surface area (TPSA) is 78.0 Å². The van der Waals surface area contributed by atoms with E-state index in [1.54, 1.807) is 0 Å². The van der Waals surface area contributed by atoms with Crippen molar-refractivity contribution < 1.29 is 8.42 Å². The maximum Gasteiger partial charge on any atom is 0.255 e. The average molecular weight is 189 g/mol. The number of rotatable bonds is 3. The minimum atomic E-state index is -3.61. The maximum absolute atomic E-state index is 10.9. The molecule has 0 atom stereocenters. The molecule has 0 unspecified atom stereocenters. The number of sulfonamides is 1. The molecular formula is C6H11N3O2S. The first-order valence-corrected chi connectivity index (χ1v) is 5.15. The van der Waals surface area contributed by atoms with Crippen molar-refractivity contribution in [1.29, 1.82) is 0 Å². The van der Waals surface area contributed by atoms with Crippen molar-refractivity contribution in [2.45, 2.75) is 24.9 Å². The van der Waals surface area contributed by atoms with Gasteiger partial charge < -0.3 is 0 Å². The minimum absolute atomic E-state index is 0.0735. The highest BCUT2D eigenvalue weighted by Crippen LogP contribution is 2.05. The van der Waals surface area contributed by atoms with Gasteiger partial charge in [0.1, 0.15) is 0 Å². The van der Waals surface area contributed by atoms with Gasteiger partial charge in [-0.2, -0.15) is 5.10 Å². The van der Waals surface area contributed by atoms with E-state index in [2.05, 4.69) is 5.10 Å². The second-order valence-corrected chi connectivity index (χ2v) is 3.95. The molecule has 0 bridgehead atoms. The standard InChI is InChI=1S/C6H11N3O2S/c1-2-5-9-6(3-4-8-9)12(7,10)11/h3-4H,2,5H2,1H3,(H2,7,10,11). The Balaban J connectivity index is 3.08. The van der Waals surface area contributed by atoms with Gasteiger partial charge in [-0.25, -0.2) is 13.6 Å². The van der Waals surface area contributed by atoms with E-state index in [9.17, 15) is 8.42 Å². The molecule has 0 saturated carbocycles. The Bertz CT molecular complexity index is 355. The predicted molar refractivity (Wildman–Crippen MR) is 43.9 cm³/mol. The van der Waals surface area contributed by atoms with Gasteiger partial charge in [-0.3, -0.25) is 4.68 Å². The van der Waals surface area contributed by atoms with E-state index in [-0.39, 0.29) is 5.03 Å². The summed E-state index contributed by atoms with van der Waals surface area (Å²) < 4.78 is 23.2. The summed E-state index contributed by atoms with van der Waals surface area (Å²) in [6, 6.07) is 1.39. The SMILES string of the molecule is CCCn1nccc1S(N)(=O)=O. The molecule has 0 aliphatic rings. The zero-order chi connectivity index (χ0) is 9.19. The third kappa shape index (κ3) is 1.83. The molecule has 1 rings (SSSR count). The van der Waals surface area contributed by atoms with Crippen LogP contribution in [0.3, 0.4) is 0 Å². The van der Waals surface area contributed by atoms with Crippen LogP contribution in [0, 0.1) is 0 Å². The third-order valence-corrected chi connectivity index (χ3v) is 2.33. The Morgan fingerprint density at radius 3 is 2.83 bits per heavy atom. The predicted octanol–water partition coefficient (Wildman–Crippen LogP) is -0.0595. The first kappa shape index (κ1) is 9.21. The molecular weight excluding hydrogens is 178 g/mol. The summed E-state index contributed by atoms with van der Waals surface area (Å²) in [5, 5.41) is 8.85. The van der Waals surface area contributed by atoms with Crippen LogP contribution in [0.1, 0.15) is 13.3 Å². The van der Waals surface area contributed by atoms with E-state index < -0.39 is 10.0 Å². The smallest absolute Gasteiger partial charge is 0.253 e. The van der Waals surface area contributed by atoms with Crippen LogP contribution in [0.5, 0.6) is 0 Å². The summed E-state index contributed by atoms with van der Waals surface area (Å²) in [6.07, 6.45) is 2.25. The molecule has 1 aromatic heterocycles. The van der Waals surface area contributed by atoms with Crippen molar-refractivity contribution in [1.82, 2.24) is 9.78 Å². The monoisotopic (exact) mass is 189 g/mol. The van der Waals surface area contributed by atoms with Crippen LogP contribution in [-0.4, -0.2) is 18.2 Å². The highest BCUT2D eigenvalue weighted by atomic mass is 32.2. The largest absolute Gasteiger partial charge is 0.255 e. The highest BCUT2D eigenvalue weighted by Gasteiger charge is 2.12. The molecule has 0 aromatic carbocycles. The van der Waals surface area contributed by atoms with Crippen LogP contribution < -0.4 is 5.14 Å². The van der Waals surface area contributed by atoms with E-state index in [0.717, 1.165) is 6.42 Å². The molecule has 0 aliphatic heterocycles. The van der Waals surface area contributed by atoms with Crippen LogP contribution in [0.15, 0.2) is 17.3 Å². The Morgan fingerprint density at radius 2 is 2.33 bits per heavy atom. The lowest BCUT2D eigenvalue weighted by molar-refractivity contribution is 0.531. The molecule has 0 fully saturated rings. The van der Waals surface area contributed by atoms with E-state index >= 15 is 0 Å². The molecule has 1 heterocycles. The zero-order valence-corrected chi connectivity index (χ0v) is 7.58. The van der Waals surface area contributed by atoms with Crippen molar-refractivity contribution in [3.05, 3.63) is 12.3 Å². The molecule has 0 radical (unpaired) electrons. The fourth-order valence-corrected chi connectivity index (χ4v) is 1.62. The van der Waals surface area contributed by atoms with Gasteiger partial charge in [0, 0.05) is 6.54 Å². The van der Waals surface area contributed by atoms with Gasteiger partial charge in [0.15, 0.2) is 5.03 Å². The second kappa shape index (κ2) is 3.24. The number of aryl methyl sites for hydroxylation is 1. The lowest BCUT2D eigenvalue weighted by atomic mass is 10.5. The van der Waals surface area contributed by atoms with Gasteiger partial charge in [0.2, 0.25) is 0 Å². The van der Waals surface area contributed by atoms with Gasteiger partial charge in [-0.05, 0) is 12.5 Å². The lowest BCUT2D eigenvalue weighted by Crippen LogP contribution is -2.17. The minimum Gasteiger partial charge on any atom is -0.253 e. The highest BCUT2D eigenvalue weighted by molar-refractivity contribution is 7.89. The maximum atomic E-state index is 10.9. The van der Waals surface area contributed by atoms with Crippen LogP contribution in [-0.2, 0) is 16.6 Å². The lowest BCUT2D eigenvalue weighted by Gasteiger charge is -2.02. The number of hydrogen-bond acceptors (Lipinski definition) is 3. The molecule has 0 spiro atoms. The quantitative estimate of drug-likeness (QED) is 0.723.